The molecule has 1 heterocycles. The van der Waals surface area contributed by atoms with Crippen LogP contribution in [-0.2, 0) is 7.05 Å². The third-order valence-electron chi connectivity index (χ3n) is 2.53. The number of benzene rings is 1. The van der Waals surface area contributed by atoms with Crippen LogP contribution in [0.25, 0.3) is 5.69 Å². The summed E-state index contributed by atoms with van der Waals surface area (Å²) in [6, 6.07) is 8.36. The van der Waals surface area contributed by atoms with Crippen molar-refractivity contribution in [1.29, 1.82) is 0 Å². The Bertz CT molecular complexity index is 714. The normalized spacial score (nSPS) is 10.3. The number of hydrogen-bond donors (Lipinski definition) is 1. The van der Waals surface area contributed by atoms with E-state index in [9.17, 15) is 14.4 Å². The molecule has 0 aliphatic carbocycles. The van der Waals surface area contributed by atoms with Crippen LogP contribution < -0.4 is 17.0 Å². The summed E-state index contributed by atoms with van der Waals surface area (Å²) in [5.41, 5.74) is 4.04. The molecule has 2 rings (SSSR count). The molecule has 0 atom stereocenters. The zero-order chi connectivity index (χ0) is 13.3. The van der Waals surface area contributed by atoms with Gasteiger partial charge in [0.1, 0.15) is 5.56 Å². The van der Waals surface area contributed by atoms with Crippen molar-refractivity contribution >= 4 is 5.91 Å². The van der Waals surface area contributed by atoms with E-state index in [1.165, 1.54) is 7.05 Å². The van der Waals surface area contributed by atoms with Crippen molar-refractivity contribution in [3.63, 3.8) is 0 Å². The summed E-state index contributed by atoms with van der Waals surface area (Å²) in [4.78, 5) is 35.1. The molecule has 2 N–H and O–H groups in total. The second-order valence-corrected chi connectivity index (χ2v) is 3.78. The summed E-state index contributed by atoms with van der Waals surface area (Å²) < 4.78 is 2.06. The highest BCUT2D eigenvalue weighted by molar-refractivity contribution is 5.92. The van der Waals surface area contributed by atoms with E-state index >= 15 is 0 Å². The Morgan fingerprint density at radius 1 is 1.17 bits per heavy atom. The molecule has 0 radical (unpaired) electrons. The molecule has 0 spiro atoms. The summed E-state index contributed by atoms with van der Waals surface area (Å²) in [5.74, 6) is -0.861. The molecule has 0 bridgehead atoms. The highest BCUT2D eigenvalue weighted by Crippen LogP contribution is 2.01. The van der Waals surface area contributed by atoms with Crippen molar-refractivity contribution in [2.24, 2.45) is 12.8 Å². The van der Waals surface area contributed by atoms with Crippen LogP contribution in [0, 0.1) is 0 Å². The van der Waals surface area contributed by atoms with Gasteiger partial charge in [0, 0.05) is 13.2 Å². The number of aryl methyl sites for hydroxylation is 1. The Morgan fingerprint density at radius 3 is 2.33 bits per heavy atom. The quantitative estimate of drug-likeness (QED) is 0.783. The van der Waals surface area contributed by atoms with Gasteiger partial charge in [-0.1, -0.05) is 18.2 Å². The molecule has 0 aliphatic rings. The zero-order valence-electron chi connectivity index (χ0n) is 9.66. The second kappa shape index (κ2) is 4.33. The lowest BCUT2D eigenvalue weighted by Gasteiger charge is -2.08. The molecule has 92 valence electrons. The predicted molar refractivity (Wildman–Crippen MR) is 65.8 cm³/mol. The molecule has 18 heavy (non-hydrogen) atoms. The number of nitrogens with two attached hydrogens (primary N) is 1. The molecule has 0 saturated heterocycles. The predicted octanol–water partition coefficient (Wildman–Crippen LogP) is -0.365. The van der Waals surface area contributed by atoms with E-state index in [0.717, 1.165) is 15.3 Å². The number of amides is 1. The third kappa shape index (κ3) is 1.84. The average Bonchev–Trinajstić information content (AvgIpc) is 2.35. The maximum absolute atomic E-state index is 12.0. The maximum atomic E-state index is 12.0. The number of carbonyl (C=O) groups is 1. The third-order valence-corrected chi connectivity index (χ3v) is 2.53. The van der Waals surface area contributed by atoms with E-state index in [-0.39, 0.29) is 5.56 Å². The van der Waals surface area contributed by atoms with E-state index < -0.39 is 17.2 Å². The largest absolute Gasteiger partial charge is 0.365 e. The Kier molecular flexibility index (Phi) is 2.85. The lowest BCUT2D eigenvalue weighted by atomic mass is 10.3. The van der Waals surface area contributed by atoms with Gasteiger partial charge in [0.2, 0.25) is 0 Å². The number of hydrogen-bond acceptors (Lipinski definition) is 3. The molecule has 6 heteroatoms. The van der Waals surface area contributed by atoms with Gasteiger partial charge in [-0.2, -0.15) is 0 Å². The smallest absolute Gasteiger partial charge is 0.335 e. The van der Waals surface area contributed by atoms with Crippen molar-refractivity contribution in [2.45, 2.75) is 0 Å². The molecule has 0 aliphatic heterocycles. The molecular weight excluding hydrogens is 234 g/mol. The van der Waals surface area contributed by atoms with Crippen LogP contribution in [0.2, 0.25) is 0 Å². The van der Waals surface area contributed by atoms with Gasteiger partial charge in [-0.25, -0.2) is 9.36 Å². The summed E-state index contributed by atoms with van der Waals surface area (Å²) in [6.07, 6.45) is 1.15. The summed E-state index contributed by atoms with van der Waals surface area (Å²) in [6.45, 7) is 0. The molecule has 1 aromatic heterocycles. The van der Waals surface area contributed by atoms with E-state index in [1.54, 1.807) is 30.3 Å². The summed E-state index contributed by atoms with van der Waals surface area (Å²) in [5, 5.41) is 0. The fourth-order valence-electron chi connectivity index (χ4n) is 1.64. The van der Waals surface area contributed by atoms with Gasteiger partial charge in [-0.05, 0) is 12.1 Å². The van der Waals surface area contributed by atoms with Crippen molar-refractivity contribution < 1.29 is 4.79 Å². The molecule has 1 amide bonds. The first-order valence-corrected chi connectivity index (χ1v) is 5.20. The van der Waals surface area contributed by atoms with E-state index in [2.05, 4.69) is 0 Å². The highest BCUT2D eigenvalue weighted by atomic mass is 16.2. The lowest BCUT2D eigenvalue weighted by molar-refractivity contribution is 0.0997. The van der Waals surface area contributed by atoms with Gasteiger partial charge >= 0.3 is 5.69 Å². The van der Waals surface area contributed by atoms with Crippen molar-refractivity contribution in [1.82, 2.24) is 9.13 Å². The van der Waals surface area contributed by atoms with Crippen molar-refractivity contribution in [2.75, 3.05) is 0 Å². The molecule has 0 unspecified atom stereocenters. The highest BCUT2D eigenvalue weighted by Gasteiger charge is 2.14. The molecule has 2 aromatic rings. The molecule has 0 fully saturated rings. The van der Waals surface area contributed by atoms with Gasteiger partial charge in [0.15, 0.2) is 0 Å². The topological polar surface area (TPSA) is 87.1 Å². The number of nitrogens with zero attached hydrogens (tertiary/aromatic N) is 2. The van der Waals surface area contributed by atoms with Crippen LogP contribution in [0.3, 0.4) is 0 Å². The standard InChI is InChI=1S/C12H11N3O3/c1-14-7-9(10(13)16)11(17)15(12(14)18)8-5-3-2-4-6-8/h2-7H,1H3,(H2,13,16). The zero-order valence-corrected chi connectivity index (χ0v) is 9.66. The monoisotopic (exact) mass is 245 g/mol. The van der Waals surface area contributed by atoms with Crippen molar-refractivity contribution in [3.05, 3.63) is 62.9 Å². The van der Waals surface area contributed by atoms with E-state index in [0.29, 0.717) is 5.69 Å². The average molecular weight is 245 g/mol. The number of rotatable bonds is 2. The Labute approximate surface area is 102 Å². The Morgan fingerprint density at radius 2 is 1.78 bits per heavy atom. The molecule has 0 saturated carbocycles. The first-order chi connectivity index (χ1) is 8.52. The fraction of sp³-hybridized carbons (Fsp3) is 0.0833. The first-order valence-electron chi connectivity index (χ1n) is 5.20. The van der Waals surface area contributed by atoms with E-state index in [1.807, 2.05) is 0 Å². The minimum Gasteiger partial charge on any atom is -0.365 e. The fourth-order valence-corrected chi connectivity index (χ4v) is 1.64. The Balaban J connectivity index is 2.87. The Hall–Kier alpha value is -2.63. The van der Waals surface area contributed by atoms with Crippen LogP contribution in [-0.4, -0.2) is 15.0 Å². The minimum absolute atomic E-state index is 0.221. The molecule has 6 nitrogen and oxygen atoms in total. The maximum Gasteiger partial charge on any atom is 0.335 e. The summed E-state index contributed by atoms with van der Waals surface area (Å²) >= 11 is 0. The van der Waals surface area contributed by atoms with Crippen LogP contribution in [0.4, 0.5) is 0 Å². The molecular formula is C12H11N3O3. The first kappa shape index (κ1) is 11.8. The van der Waals surface area contributed by atoms with Gasteiger partial charge in [-0.3, -0.25) is 9.59 Å². The van der Waals surface area contributed by atoms with Crippen molar-refractivity contribution in [3.8, 4) is 5.69 Å². The van der Waals surface area contributed by atoms with Gasteiger partial charge in [0.05, 0.1) is 5.69 Å². The minimum atomic E-state index is -0.861. The number of carbonyl (C=O) groups excluding carboxylic acids is 1. The van der Waals surface area contributed by atoms with E-state index in [4.69, 9.17) is 5.73 Å². The number of para-hydroxylation sites is 1. The van der Waals surface area contributed by atoms with Gasteiger partial charge < -0.3 is 10.3 Å². The van der Waals surface area contributed by atoms with Crippen LogP contribution in [0.5, 0.6) is 0 Å². The second-order valence-electron chi connectivity index (χ2n) is 3.78. The number of aromatic nitrogens is 2. The van der Waals surface area contributed by atoms with Crippen LogP contribution in [0.1, 0.15) is 10.4 Å². The van der Waals surface area contributed by atoms with Gasteiger partial charge in [0.25, 0.3) is 11.5 Å². The number of primary amides is 1. The van der Waals surface area contributed by atoms with Crippen LogP contribution in [0.15, 0.2) is 46.1 Å². The molecule has 1 aromatic carbocycles. The lowest BCUT2D eigenvalue weighted by Crippen LogP contribution is -2.41. The van der Waals surface area contributed by atoms with Crippen LogP contribution >= 0.6 is 0 Å². The SMILES string of the molecule is Cn1cc(C(N)=O)c(=O)n(-c2ccccc2)c1=O. The summed E-state index contributed by atoms with van der Waals surface area (Å²) in [7, 11) is 1.45. The van der Waals surface area contributed by atoms with Gasteiger partial charge in [-0.15, -0.1) is 0 Å².